The molecule has 1 aliphatic heterocycles. The topological polar surface area (TPSA) is 96.3 Å². The first kappa shape index (κ1) is 29.9. The second kappa shape index (κ2) is 14.3. The molecule has 0 saturated carbocycles. The van der Waals surface area contributed by atoms with E-state index in [4.69, 9.17) is 9.47 Å². The van der Waals surface area contributed by atoms with Gasteiger partial charge in [0.2, 0.25) is 0 Å². The van der Waals surface area contributed by atoms with Crippen molar-refractivity contribution in [1.82, 2.24) is 4.90 Å². The smallest absolute Gasteiger partial charge is 0.409 e. The molecule has 0 radical (unpaired) electrons. The second-order valence-corrected chi connectivity index (χ2v) is 9.72. The number of aliphatic hydroxyl groups is 2. The third kappa shape index (κ3) is 10.0. The molecule has 7 heteroatoms. The van der Waals surface area contributed by atoms with Crippen molar-refractivity contribution in [3.8, 4) is 0 Å². The van der Waals surface area contributed by atoms with E-state index in [0.29, 0.717) is 25.9 Å². The molecule has 0 aliphatic carbocycles. The van der Waals surface area contributed by atoms with Crippen LogP contribution in [0.25, 0.3) is 0 Å². The fourth-order valence-electron chi connectivity index (χ4n) is 3.76. The Morgan fingerprint density at radius 2 is 1.97 bits per heavy atom. The lowest BCUT2D eigenvalue weighted by Gasteiger charge is -2.31. The van der Waals surface area contributed by atoms with Crippen LogP contribution in [0.15, 0.2) is 36.0 Å². The van der Waals surface area contributed by atoms with Crippen molar-refractivity contribution in [2.24, 2.45) is 17.8 Å². The van der Waals surface area contributed by atoms with Crippen LogP contribution in [0.5, 0.6) is 0 Å². The molecule has 0 spiro atoms. The van der Waals surface area contributed by atoms with Crippen molar-refractivity contribution in [2.75, 3.05) is 19.7 Å². The Kier molecular flexibility index (Phi) is 12.6. The summed E-state index contributed by atoms with van der Waals surface area (Å²) in [5.41, 5.74) is -0.103. The first-order valence-electron chi connectivity index (χ1n) is 12.5. The van der Waals surface area contributed by atoms with E-state index < -0.39 is 23.8 Å². The van der Waals surface area contributed by atoms with Gasteiger partial charge in [-0.3, -0.25) is 4.79 Å². The van der Waals surface area contributed by atoms with Crippen LogP contribution in [0.1, 0.15) is 67.7 Å². The number of aliphatic hydroxyl groups excluding tert-OH is 1. The van der Waals surface area contributed by atoms with Crippen LogP contribution in [0.2, 0.25) is 0 Å². The predicted molar refractivity (Wildman–Crippen MR) is 134 cm³/mol. The lowest BCUT2D eigenvalue weighted by molar-refractivity contribution is -0.151. The molecule has 1 heterocycles. The molecule has 34 heavy (non-hydrogen) atoms. The summed E-state index contributed by atoms with van der Waals surface area (Å²) in [7, 11) is 0. The van der Waals surface area contributed by atoms with Crippen LogP contribution in [0, 0.1) is 17.8 Å². The lowest BCUT2D eigenvalue weighted by Crippen LogP contribution is -2.34. The van der Waals surface area contributed by atoms with Gasteiger partial charge in [0.25, 0.3) is 0 Å². The standard InChI is InChI=1S/C27H45NO6/c1-8-28(9-2)26(31)33-18-19(3)11-10-12-20(4)25-21(5)13-14-22(6)27(7,32)16-15-23(29)17-24(30)34-25/h10-14,19,21-23,25,29,32H,8-9,15-18H2,1-7H3/b11-10+,14-13+,20-12+/t19-,21+,22+,23-,25-,27-/m1/s1. The molecule has 0 fully saturated rings. The molecule has 7 nitrogen and oxygen atoms in total. The van der Waals surface area contributed by atoms with E-state index in [9.17, 15) is 19.8 Å². The van der Waals surface area contributed by atoms with Crippen molar-refractivity contribution in [3.05, 3.63) is 36.0 Å². The molecule has 1 amide bonds. The van der Waals surface area contributed by atoms with Gasteiger partial charge in [-0.15, -0.1) is 0 Å². The molecule has 0 unspecified atom stereocenters. The molecule has 6 atom stereocenters. The average molecular weight is 480 g/mol. The number of hydrogen-bond donors (Lipinski definition) is 2. The number of allylic oxidation sites excluding steroid dienone is 2. The van der Waals surface area contributed by atoms with E-state index in [1.54, 1.807) is 11.8 Å². The highest BCUT2D eigenvalue weighted by Crippen LogP contribution is 2.28. The minimum Gasteiger partial charge on any atom is -0.457 e. The number of carbonyl (C=O) groups excluding carboxylic acids is 2. The molecule has 1 aliphatic rings. The monoisotopic (exact) mass is 479 g/mol. The largest absolute Gasteiger partial charge is 0.457 e. The maximum absolute atomic E-state index is 12.5. The molecule has 0 aromatic heterocycles. The van der Waals surface area contributed by atoms with Crippen molar-refractivity contribution in [3.63, 3.8) is 0 Å². The van der Waals surface area contributed by atoms with E-state index in [1.165, 1.54) is 0 Å². The molecular weight excluding hydrogens is 434 g/mol. The Bertz CT molecular complexity index is 737. The Morgan fingerprint density at radius 1 is 1.32 bits per heavy atom. The maximum Gasteiger partial charge on any atom is 0.409 e. The van der Waals surface area contributed by atoms with Crippen LogP contribution >= 0.6 is 0 Å². The van der Waals surface area contributed by atoms with Gasteiger partial charge in [-0.2, -0.15) is 0 Å². The van der Waals surface area contributed by atoms with Gasteiger partial charge in [0.1, 0.15) is 6.10 Å². The van der Waals surface area contributed by atoms with Crippen molar-refractivity contribution >= 4 is 12.1 Å². The number of carbonyl (C=O) groups is 2. The molecule has 2 N–H and O–H groups in total. The van der Waals surface area contributed by atoms with Gasteiger partial charge in [0.15, 0.2) is 0 Å². The summed E-state index contributed by atoms with van der Waals surface area (Å²) in [5.74, 6) is -0.657. The average Bonchev–Trinajstić information content (AvgIpc) is 2.78. The number of ether oxygens (including phenoxy) is 2. The van der Waals surface area contributed by atoms with Gasteiger partial charge in [-0.05, 0) is 46.1 Å². The maximum atomic E-state index is 12.5. The van der Waals surface area contributed by atoms with Crippen LogP contribution in [-0.4, -0.2) is 64.7 Å². The van der Waals surface area contributed by atoms with Gasteiger partial charge in [-0.25, -0.2) is 4.79 Å². The fourth-order valence-corrected chi connectivity index (χ4v) is 3.76. The zero-order valence-electron chi connectivity index (χ0n) is 22.0. The van der Waals surface area contributed by atoms with Gasteiger partial charge in [0, 0.05) is 30.8 Å². The van der Waals surface area contributed by atoms with Gasteiger partial charge in [-0.1, -0.05) is 51.2 Å². The Morgan fingerprint density at radius 3 is 2.59 bits per heavy atom. The van der Waals surface area contributed by atoms with Crippen LogP contribution in [0.4, 0.5) is 4.79 Å². The predicted octanol–water partition coefficient (Wildman–Crippen LogP) is 4.64. The minimum absolute atomic E-state index is 0.0259. The molecule has 1 rings (SSSR count). The van der Waals surface area contributed by atoms with Crippen LogP contribution in [-0.2, 0) is 14.3 Å². The van der Waals surface area contributed by atoms with E-state index in [0.717, 1.165) is 5.57 Å². The van der Waals surface area contributed by atoms with Crippen molar-refractivity contribution < 1.29 is 29.3 Å². The second-order valence-electron chi connectivity index (χ2n) is 9.72. The number of nitrogens with zero attached hydrogens (tertiary/aromatic N) is 1. The highest BCUT2D eigenvalue weighted by Gasteiger charge is 2.30. The first-order chi connectivity index (χ1) is 15.9. The van der Waals surface area contributed by atoms with Crippen LogP contribution < -0.4 is 0 Å². The van der Waals surface area contributed by atoms with E-state index >= 15 is 0 Å². The summed E-state index contributed by atoms with van der Waals surface area (Å²) in [6, 6.07) is 0. The number of rotatable bonds is 7. The fraction of sp³-hybridized carbons (Fsp3) is 0.704. The number of hydrogen-bond acceptors (Lipinski definition) is 6. The lowest BCUT2D eigenvalue weighted by atomic mass is 9.84. The SMILES string of the molecule is CCN(CC)C(=O)OC[C@H](C)/C=C/C=C(\C)[C@H]1OC(=O)C[C@H](O)CC[C@@](C)(O)[C@@H](C)/C=C/[C@@H]1C. The summed E-state index contributed by atoms with van der Waals surface area (Å²) >= 11 is 0. The quantitative estimate of drug-likeness (QED) is 0.314. The Hall–Kier alpha value is -2.12. The molecular formula is C27H45NO6. The highest BCUT2D eigenvalue weighted by molar-refractivity contribution is 5.70. The van der Waals surface area contributed by atoms with Gasteiger partial charge in [0.05, 0.1) is 24.7 Å². The highest BCUT2D eigenvalue weighted by atomic mass is 16.6. The number of amides is 1. The molecule has 0 aromatic rings. The van der Waals surface area contributed by atoms with Crippen molar-refractivity contribution in [1.29, 1.82) is 0 Å². The normalized spacial score (nSPS) is 31.2. The van der Waals surface area contributed by atoms with Crippen LogP contribution in [0.3, 0.4) is 0 Å². The Labute approximate surface area is 205 Å². The third-order valence-electron chi connectivity index (χ3n) is 6.55. The molecule has 0 bridgehead atoms. The molecule has 0 saturated heterocycles. The summed E-state index contributed by atoms with van der Waals surface area (Å²) in [6.07, 6.45) is 8.62. The summed E-state index contributed by atoms with van der Waals surface area (Å²) < 4.78 is 11.1. The zero-order valence-corrected chi connectivity index (χ0v) is 22.0. The number of cyclic esters (lactones) is 1. The number of esters is 1. The van der Waals surface area contributed by atoms with E-state index in [2.05, 4.69) is 0 Å². The molecule has 0 aromatic carbocycles. The van der Waals surface area contributed by atoms with Crippen molar-refractivity contribution in [2.45, 2.75) is 85.5 Å². The minimum atomic E-state index is -0.964. The third-order valence-corrected chi connectivity index (χ3v) is 6.55. The van der Waals surface area contributed by atoms with E-state index in [1.807, 2.05) is 71.9 Å². The van der Waals surface area contributed by atoms with Gasteiger partial charge >= 0.3 is 12.1 Å². The zero-order chi connectivity index (χ0) is 25.9. The molecule has 194 valence electrons. The first-order valence-corrected chi connectivity index (χ1v) is 12.5. The van der Waals surface area contributed by atoms with Gasteiger partial charge < -0.3 is 24.6 Å². The summed E-state index contributed by atoms with van der Waals surface area (Å²) in [5, 5.41) is 21.0. The summed E-state index contributed by atoms with van der Waals surface area (Å²) in [6.45, 7) is 14.9. The van der Waals surface area contributed by atoms with E-state index in [-0.39, 0.29) is 36.9 Å². The summed E-state index contributed by atoms with van der Waals surface area (Å²) in [4.78, 5) is 26.1. The Balaban J connectivity index is 2.91.